The quantitative estimate of drug-likeness (QED) is 0.837. The van der Waals surface area contributed by atoms with Crippen LogP contribution in [0.1, 0.15) is 42.7 Å². The molecule has 0 radical (unpaired) electrons. The summed E-state index contributed by atoms with van der Waals surface area (Å²) in [6.07, 6.45) is 7.15. The lowest BCUT2D eigenvalue weighted by Gasteiger charge is -1.99. The number of aryl methyl sites for hydroxylation is 2. The van der Waals surface area contributed by atoms with E-state index in [0.717, 1.165) is 24.4 Å². The largest absolute Gasteiger partial charge is 0.330 e. The first-order chi connectivity index (χ1) is 8.29. The van der Waals surface area contributed by atoms with E-state index in [0.29, 0.717) is 13.0 Å². The molecule has 1 aromatic rings. The van der Waals surface area contributed by atoms with Crippen LogP contribution >= 0.6 is 23.7 Å². The second-order valence-electron chi connectivity index (χ2n) is 4.39. The highest BCUT2D eigenvalue weighted by atomic mass is 35.5. The minimum Gasteiger partial charge on any atom is -0.330 e. The Morgan fingerprint density at radius 1 is 1.33 bits per heavy atom. The number of fused-ring (bicyclic) bond motifs is 1. The fraction of sp³-hybridized carbons (Fsp3) is 0.667. The molecule has 1 amide bonds. The van der Waals surface area contributed by atoms with Gasteiger partial charge in [-0.05, 0) is 38.6 Å². The van der Waals surface area contributed by atoms with Crippen molar-refractivity contribution in [1.82, 2.24) is 4.98 Å². The molecule has 4 nitrogen and oxygen atoms in total. The summed E-state index contributed by atoms with van der Waals surface area (Å²) in [5.41, 5.74) is 6.57. The van der Waals surface area contributed by atoms with Crippen molar-refractivity contribution in [2.75, 3.05) is 11.9 Å². The molecular weight excluding hydrogens is 270 g/mol. The van der Waals surface area contributed by atoms with Crippen LogP contribution in [0.5, 0.6) is 0 Å². The van der Waals surface area contributed by atoms with Crippen LogP contribution in [0.4, 0.5) is 5.13 Å². The molecule has 102 valence electrons. The van der Waals surface area contributed by atoms with Crippen molar-refractivity contribution in [3.8, 4) is 0 Å². The highest BCUT2D eigenvalue weighted by Gasteiger charge is 2.14. The fourth-order valence-electron chi connectivity index (χ4n) is 2.03. The maximum absolute atomic E-state index is 11.6. The van der Waals surface area contributed by atoms with Crippen LogP contribution in [0.2, 0.25) is 0 Å². The number of carbonyl (C=O) groups excluding carboxylic acids is 1. The van der Waals surface area contributed by atoms with Crippen LogP contribution in [0.25, 0.3) is 0 Å². The molecule has 1 aromatic heterocycles. The van der Waals surface area contributed by atoms with E-state index in [9.17, 15) is 4.79 Å². The van der Waals surface area contributed by atoms with E-state index in [1.807, 2.05) is 0 Å². The van der Waals surface area contributed by atoms with Crippen molar-refractivity contribution in [3.05, 3.63) is 10.6 Å². The first-order valence-electron chi connectivity index (χ1n) is 6.28. The summed E-state index contributed by atoms with van der Waals surface area (Å²) in [6.45, 7) is 0.557. The number of nitrogens with two attached hydrogens (primary N) is 1. The Hall–Kier alpha value is -0.650. The number of hydrogen-bond donors (Lipinski definition) is 2. The third-order valence-corrected chi connectivity index (χ3v) is 4.02. The van der Waals surface area contributed by atoms with Gasteiger partial charge in [0.25, 0.3) is 0 Å². The van der Waals surface area contributed by atoms with Crippen LogP contribution in [0.3, 0.4) is 0 Å². The Kier molecular flexibility index (Phi) is 6.60. The Morgan fingerprint density at radius 3 is 2.89 bits per heavy atom. The van der Waals surface area contributed by atoms with Gasteiger partial charge in [0.1, 0.15) is 0 Å². The van der Waals surface area contributed by atoms with Gasteiger partial charge in [-0.2, -0.15) is 0 Å². The van der Waals surface area contributed by atoms with E-state index in [1.54, 1.807) is 11.3 Å². The normalized spacial score (nSPS) is 14.3. The van der Waals surface area contributed by atoms with Gasteiger partial charge in [0.05, 0.1) is 5.69 Å². The topological polar surface area (TPSA) is 68.0 Å². The van der Waals surface area contributed by atoms with Gasteiger partial charge in [-0.25, -0.2) is 4.98 Å². The van der Waals surface area contributed by atoms with Crippen LogP contribution in [-0.2, 0) is 17.6 Å². The van der Waals surface area contributed by atoms with Gasteiger partial charge in [0, 0.05) is 11.3 Å². The van der Waals surface area contributed by atoms with E-state index in [4.69, 9.17) is 5.73 Å². The van der Waals surface area contributed by atoms with Crippen molar-refractivity contribution in [2.45, 2.75) is 44.9 Å². The fourth-order valence-corrected chi connectivity index (χ4v) is 3.09. The first-order valence-corrected chi connectivity index (χ1v) is 7.09. The summed E-state index contributed by atoms with van der Waals surface area (Å²) in [4.78, 5) is 17.4. The summed E-state index contributed by atoms with van der Waals surface area (Å²) in [5.74, 6) is 0.0272. The zero-order valence-corrected chi connectivity index (χ0v) is 12.0. The predicted molar refractivity (Wildman–Crippen MR) is 77.5 cm³/mol. The molecule has 6 heteroatoms. The van der Waals surface area contributed by atoms with Crippen LogP contribution in [-0.4, -0.2) is 17.4 Å². The van der Waals surface area contributed by atoms with Gasteiger partial charge < -0.3 is 11.1 Å². The van der Waals surface area contributed by atoms with Gasteiger partial charge in [-0.3, -0.25) is 4.79 Å². The Bertz CT molecular complexity index is 371. The molecule has 0 bridgehead atoms. The van der Waals surface area contributed by atoms with Crippen molar-refractivity contribution < 1.29 is 4.79 Å². The molecule has 1 aliphatic carbocycles. The lowest BCUT2D eigenvalue weighted by atomic mass is 10.2. The number of aromatic nitrogens is 1. The minimum atomic E-state index is 0. The summed E-state index contributed by atoms with van der Waals surface area (Å²) in [6, 6.07) is 0. The van der Waals surface area contributed by atoms with Crippen LogP contribution in [0, 0.1) is 0 Å². The van der Waals surface area contributed by atoms with Crippen LogP contribution in [0.15, 0.2) is 0 Å². The molecule has 1 aliphatic rings. The standard InChI is InChI=1S/C12H19N3OS.ClH/c13-8-4-7-11(16)15-12-14-9-5-2-1-3-6-10(9)17-12;/h1-8,13H2,(H,14,15,16);1H. The maximum Gasteiger partial charge on any atom is 0.226 e. The first kappa shape index (κ1) is 15.4. The number of anilines is 1. The van der Waals surface area contributed by atoms with Gasteiger partial charge in [-0.15, -0.1) is 23.7 Å². The number of amides is 1. The monoisotopic (exact) mass is 289 g/mol. The smallest absolute Gasteiger partial charge is 0.226 e. The molecule has 0 aliphatic heterocycles. The zero-order valence-electron chi connectivity index (χ0n) is 10.4. The lowest BCUT2D eigenvalue weighted by molar-refractivity contribution is -0.116. The molecule has 0 saturated heterocycles. The maximum atomic E-state index is 11.6. The highest BCUT2D eigenvalue weighted by molar-refractivity contribution is 7.15. The molecule has 0 fully saturated rings. The number of carbonyl (C=O) groups is 1. The van der Waals surface area contributed by atoms with Crippen LogP contribution < -0.4 is 11.1 Å². The number of thiazole rings is 1. The molecule has 1 heterocycles. The number of rotatable bonds is 4. The second-order valence-corrected chi connectivity index (χ2v) is 5.47. The van der Waals surface area contributed by atoms with Crippen molar-refractivity contribution >= 4 is 34.8 Å². The number of halogens is 1. The Morgan fingerprint density at radius 2 is 2.11 bits per heavy atom. The molecule has 18 heavy (non-hydrogen) atoms. The molecule has 0 atom stereocenters. The Labute approximate surface area is 118 Å². The van der Waals surface area contributed by atoms with E-state index < -0.39 is 0 Å². The molecule has 2 rings (SSSR count). The van der Waals surface area contributed by atoms with Gasteiger partial charge in [0.2, 0.25) is 5.91 Å². The average Bonchev–Trinajstić information content (AvgIpc) is 2.56. The van der Waals surface area contributed by atoms with Crippen molar-refractivity contribution in [2.24, 2.45) is 5.73 Å². The predicted octanol–water partition coefficient (Wildman–Crippen LogP) is 2.51. The summed E-state index contributed by atoms with van der Waals surface area (Å²) >= 11 is 1.64. The molecule has 0 spiro atoms. The highest BCUT2D eigenvalue weighted by Crippen LogP contribution is 2.28. The molecular formula is C12H20ClN3OS. The molecule has 3 N–H and O–H groups in total. The van der Waals surface area contributed by atoms with E-state index >= 15 is 0 Å². The lowest BCUT2D eigenvalue weighted by Crippen LogP contribution is -2.13. The van der Waals surface area contributed by atoms with E-state index in [2.05, 4.69) is 10.3 Å². The number of nitrogens with one attached hydrogen (secondary N) is 1. The molecule has 0 unspecified atom stereocenters. The average molecular weight is 290 g/mol. The summed E-state index contributed by atoms with van der Waals surface area (Å²) < 4.78 is 0. The minimum absolute atomic E-state index is 0. The third kappa shape index (κ3) is 4.23. The molecule has 0 aromatic carbocycles. The van der Waals surface area contributed by atoms with E-state index in [-0.39, 0.29) is 18.3 Å². The number of nitrogens with zero attached hydrogens (tertiary/aromatic N) is 1. The van der Waals surface area contributed by atoms with Crippen molar-refractivity contribution in [3.63, 3.8) is 0 Å². The zero-order chi connectivity index (χ0) is 12.1. The Balaban J connectivity index is 0.00000162. The summed E-state index contributed by atoms with van der Waals surface area (Å²) in [5, 5.41) is 3.63. The SMILES string of the molecule is Cl.NCCCC(=O)Nc1nc2c(s1)CCCCC2. The van der Waals surface area contributed by atoms with Gasteiger partial charge in [-0.1, -0.05) is 6.42 Å². The van der Waals surface area contributed by atoms with Crippen molar-refractivity contribution in [1.29, 1.82) is 0 Å². The van der Waals surface area contributed by atoms with E-state index in [1.165, 1.54) is 29.8 Å². The number of hydrogen-bond acceptors (Lipinski definition) is 4. The summed E-state index contributed by atoms with van der Waals surface area (Å²) in [7, 11) is 0. The third-order valence-electron chi connectivity index (χ3n) is 2.95. The van der Waals surface area contributed by atoms with Gasteiger partial charge in [0.15, 0.2) is 5.13 Å². The second kappa shape index (κ2) is 7.71. The molecule has 0 saturated carbocycles. The van der Waals surface area contributed by atoms with Gasteiger partial charge >= 0.3 is 0 Å².